The van der Waals surface area contributed by atoms with Crippen molar-refractivity contribution in [1.82, 2.24) is 0 Å². The maximum absolute atomic E-state index is 5.64. The van der Waals surface area contributed by atoms with E-state index in [-0.39, 0.29) is 0 Å². The van der Waals surface area contributed by atoms with E-state index < -0.39 is 8.07 Å². The highest BCUT2D eigenvalue weighted by atomic mass is 32.2. The summed E-state index contributed by atoms with van der Waals surface area (Å²) in [6.45, 7) is 9.22. The summed E-state index contributed by atoms with van der Waals surface area (Å²) in [6, 6.07) is 11.1. The molecule has 0 aliphatic carbocycles. The van der Waals surface area contributed by atoms with Gasteiger partial charge in [0.15, 0.2) is 0 Å². The minimum Gasteiger partial charge on any atom is -0.474 e. The van der Waals surface area contributed by atoms with Gasteiger partial charge in [0.25, 0.3) is 0 Å². The maximum atomic E-state index is 5.64. The average Bonchev–Trinajstić information content (AvgIpc) is 3.00. The summed E-state index contributed by atoms with van der Waals surface area (Å²) < 4.78 is 5.64. The molecule has 0 saturated carbocycles. The van der Waals surface area contributed by atoms with E-state index in [2.05, 4.69) is 51.2 Å². The van der Waals surface area contributed by atoms with Gasteiger partial charge in [-0.15, -0.1) is 11.8 Å². The van der Waals surface area contributed by atoms with Crippen molar-refractivity contribution in [2.45, 2.75) is 44.7 Å². The summed E-state index contributed by atoms with van der Waals surface area (Å²) in [5.41, 5.74) is 2.90. The summed E-state index contributed by atoms with van der Waals surface area (Å²) in [5, 5.41) is 2.37. The maximum Gasteiger partial charge on any atom is 0.136 e. The van der Waals surface area contributed by atoms with Crippen molar-refractivity contribution in [3.8, 4) is 0 Å². The largest absolute Gasteiger partial charge is 0.474 e. The van der Waals surface area contributed by atoms with Gasteiger partial charge in [-0.1, -0.05) is 39.1 Å². The molecule has 0 radical (unpaired) electrons. The minimum atomic E-state index is -1.48. The lowest BCUT2D eigenvalue weighted by Crippen LogP contribution is -2.43. The van der Waals surface area contributed by atoms with Crippen molar-refractivity contribution in [2.24, 2.45) is 0 Å². The lowest BCUT2D eigenvalue weighted by Gasteiger charge is -2.20. The Morgan fingerprint density at radius 2 is 1.90 bits per heavy atom. The summed E-state index contributed by atoms with van der Waals surface area (Å²) in [5.74, 6) is 0. The van der Waals surface area contributed by atoms with Crippen LogP contribution in [0.4, 0.5) is 0 Å². The van der Waals surface area contributed by atoms with Crippen LogP contribution < -0.4 is 5.38 Å². The van der Waals surface area contributed by atoms with Crippen LogP contribution in [0.1, 0.15) is 25.0 Å². The highest BCUT2D eigenvalue weighted by Crippen LogP contribution is 2.27. The van der Waals surface area contributed by atoms with E-state index in [4.69, 9.17) is 4.42 Å². The molecule has 0 bridgehead atoms. The first-order chi connectivity index (χ1) is 9.56. The van der Waals surface area contributed by atoms with E-state index in [0.717, 1.165) is 12.8 Å². The normalized spacial score (nSPS) is 11.8. The van der Waals surface area contributed by atoms with Gasteiger partial charge in [0.2, 0.25) is 0 Å². The van der Waals surface area contributed by atoms with Crippen LogP contribution in [0.15, 0.2) is 45.9 Å². The van der Waals surface area contributed by atoms with E-state index in [1.807, 2.05) is 17.8 Å². The Labute approximate surface area is 127 Å². The SMILES string of the molecule is CCc1ccc(CC)c(SC[Si](C)(C)c2ccco2)c1. The smallest absolute Gasteiger partial charge is 0.136 e. The molecule has 1 aromatic carbocycles. The molecule has 2 rings (SSSR count). The Balaban J connectivity index is 2.14. The molecule has 2 aromatic rings. The Kier molecular flexibility index (Phi) is 5.16. The van der Waals surface area contributed by atoms with Crippen LogP contribution in [0.25, 0.3) is 0 Å². The third kappa shape index (κ3) is 3.58. The number of aryl methyl sites for hydroxylation is 2. The van der Waals surface area contributed by atoms with Crippen LogP contribution in [-0.2, 0) is 12.8 Å². The van der Waals surface area contributed by atoms with Crippen LogP contribution in [0.2, 0.25) is 13.1 Å². The van der Waals surface area contributed by atoms with E-state index in [1.165, 1.54) is 26.8 Å². The molecule has 108 valence electrons. The van der Waals surface area contributed by atoms with Crippen LogP contribution in [-0.4, -0.2) is 13.5 Å². The molecule has 1 aromatic heterocycles. The molecule has 3 heteroatoms. The monoisotopic (exact) mass is 304 g/mol. The van der Waals surface area contributed by atoms with E-state index in [9.17, 15) is 0 Å². The fourth-order valence-corrected chi connectivity index (χ4v) is 6.44. The predicted molar refractivity (Wildman–Crippen MR) is 91.7 cm³/mol. The Hall–Kier alpha value is -0.933. The van der Waals surface area contributed by atoms with Crippen LogP contribution in [0.5, 0.6) is 0 Å². The molecule has 1 nitrogen and oxygen atoms in total. The van der Waals surface area contributed by atoms with Crippen molar-refractivity contribution in [3.63, 3.8) is 0 Å². The summed E-state index contributed by atoms with van der Waals surface area (Å²) in [4.78, 5) is 1.46. The van der Waals surface area contributed by atoms with Gasteiger partial charge in [-0.3, -0.25) is 0 Å². The first-order valence-electron chi connectivity index (χ1n) is 7.35. The van der Waals surface area contributed by atoms with Gasteiger partial charge in [-0.05, 0) is 42.2 Å². The van der Waals surface area contributed by atoms with E-state index in [0.29, 0.717) is 0 Å². The third-order valence-electron chi connectivity index (χ3n) is 3.70. The van der Waals surface area contributed by atoms with E-state index in [1.54, 1.807) is 6.26 Å². The Bertz CT molecular complexity index is 546. The topological polar surface area (TPSA) is 13.1 Å². The molecule has 0 saturated heterocycles. The van der Waals surface area contributed by atoms with Crippen LogP contribution in [0, 0.1) is 0 Å². The first kappa shape index (κ1) is 15.5. The van der Waals surface area contributed by atoms with Gasteiger partial charge >= 0.3 is 0 Å². The molecule has 0 spiro atoms. The van der Waals surface area contributed by atoms with Crippen LogP contribution in [0.3, 0.4) is 0 Å². The Morgan fingerprint density at radius 3 is 2.50 bits per heavy atom. The number of hydrogen-bond acceptors (Lipinski definition) is 2. The van der Waals surface area contributed by atoms with Gasteiger partial charge in [0, 0.05) is 10.3 Å². The minimum absolute atomic E-state index is 1.11. The zero-order valence-corrected chi connectivity index (χ0v) is 14.7. The standard InChI is InChI=1S/C17H24OSSi/c1-5-14-9-10-15(6-2)16(12-14)19-13-20(3,4)17-8-7-11-18-17/h7-12H,5-6,13H2,1-4H3. The summed E-state index contributed by atoms with van der Waals surface area (Å²) >= 11 is 2.01. The van der Waals surface area contributed by atoms with Gasteiger partial charge in [-0.2, -0.15) is 0 Å². The lowest BCUT2D eigenvalue weighted by molar-refractivity contribution is 0.597. The summed E-state index contributed by atoms with van der Waals surface area (Å²) in [6.07, 6.45) is 4.01. The number of benzene rings is 1. The molecule has 20 heavy (non-hydrogen) atoms. The fraction of sp³-hybridized carbons (Fsp3) is 0.412. The van der Waals surface area contributed by atoms with Gasteiger partial charge in [-0.25, -0.2) is 0 Å². The van der Waals surface area contributed by atoms with Crippen molar-refractivity contribution < 1.29 is 4.42 Å². The van der Waals surface area contributed by atoms with Crippen molar-refractivity contribution in [1.29, 1.82) is 0 Å². The quantitative estimate of drug-likeness (QED) is 0.569. The second-order valence-corrected chi connectivity index (χ2v) is 11.9. The molecular weight excluding hydrogens is 280 g/mol. The molecular formula is C17H24OSSi. The zero-order chi connectivity index (χ0) is 14.6. The highest BCUT2D eigenvalue weighted by molar-refractivity contribution is 8.01. The Morgan fingerprint density at radius 1 is 1.10 bits per heavy atom. The molecule has 0 fully saturated rings. The molecule has 0 amide bonds. The molecule has 0 aliphatic heterocycles. The second-order valence-electron chi connectivity index (χ2n) is 5.80. The third-order valence-corrected chi connectivity index (χ3v) is 9.47. The molecule has 0 aliphatic rings. The molecule has 0 unspecified atom stereocenters. The van der Waals surface area contributed by atoms with Crippen molar-refractivity contribution in [3.05, 3.63) is 47.7 Å². The second kappa shape index (κ2) is 6.68. The van der Waals surface area contributed by atoms with Crippen molar-refractivity contribution in [2.75, 3.05) is 5.38 Å². The van der Waals surface area contributed by atoms with Gasteiger partial charge in [0.1, 0.15) is 8.07 Å². The van der Waals surface area contributed by atoms with E-state index >= 15 is 0 Å². The molecule has 1 heterocycles. The number of thioether (sulfide) groups is 1. The predicted octanol–water partition coefficient (Wildman–Crippen LogP) is 4.65. The number of rotatable bonds is 6. The number of furan rings is 1. The first-order valence-corrected chi connectivity index (χ1v) is 11.5. The van der Waals surface area contributed by atoms with Gasteiger partial charge in [0.05, 0.1) is 11.6 Å². The average molecular weight is 305 g/mol. The fourth-order valence-electron chi connectivity index (χ4n) is 2.24. The zero-order valence-electron chi connectivity index (χ0n) is 12.9. The van der Waals surface area contributed by atoms with Gasteiger partial charge < -0.3 is 4.42 Å². The van der Waals surface area contributed by atoms with Crippen LogP contribution >= 0.6 is 11.8 Å². The highest BCUT2D eigenvalue weighted by Gasteiger charge is 2.27. The summed E-state index contributed by atoms with van der Waals surface area (Å²) in [7, 11) is -1.48. The molecule has 0 N–H and O–H groups in total. The lowest BCUT2D eigenvalue weighted by atomic mass is 10.1. The number of hydrogen-bond donors (Lipinski definition) is 0. The molecule has 0 atom stereocenters. The van der Waals surface area contributed by atoms with Crippen molar-refractivity contribution >= 4 is 25.2 Å².